The van der Waals surface area contributed by atoms with Crippen molar-refractivity contribution in [3.8, 4) is 5.75 Å². The Morgan fingerprint density at radius 3 is 2.42 bits per heavy atom. The SMILES string of the molecule is CO[C@@](/C=C/C[C@@H](C)[C@@H](C)[SH](=O)=O)(CN1C[C@@H](C)N(C(C)C)[C@@H](C)C1)[C@@H]1CC[C@H]1CN1CCCCc2cc(Cl)ccc2COc2ccc(C(N)=O)cc21. The van der Waals surface area contributed by atoms with Crippen LogP contribution in [0.2, 0.25) is 5.02 Å². The number of primary amides is 1. The maximum atomic E-state index is 12.4. The van der Waals surface area contributed by atoms with Gasteiger partial charge in [-0.05, 0) is 132 Å². The molecule has 1 aliphatic carbocycles. The number of fused-ring (bicyclic) bond motifs is 2. The van der Waals surface area contributed by atoms with Gasteiger partial charge in [0.15, 0.2) is 0 Å². The summed E-state index contributed by atoms with van der Waals surface area (Å²) >= 11 is 6.40. The lowest BCUT2D eigenvalue weighted by Gasteiger charge is -2.53. The molecular weight excluding hydrogens is 708 g/mol. The average Bonchev–Trinajstić information content (AvgIpc) is 3.12. The minimum atomic E-state index is -2.49. The van der Waals surface area contributed by atoms with E-state index in [4.69, 9.17) is 26.8 Å². The van der Waals surface area contributed by atoms with Crippen molar-refractivity contribution >= 4 is 33.9 Å². The van der Waals surface area contributed by atoms with E-state index >= 15 is 0 Å². The summed E-state index contributed by atoms with van der Waals surface area (Å²) in [7, 11) is -0.641. The molecule has 9 nitrogen and oxygen atoms in total. The number of nitrogens with zero attached hydrogens (tertiary/aromatic N) is 3. The fraction of sp³-hybridized carbons (Fsp3) is 0.643. The molecule has 11 heteroatoms. The number of hydrogen-bond donors (Lipinski definition) is 2. The third-order valence-corrected chi connectivity index (χ3v) is 13.7. The van der Waals surface area contributed by atoms with Crippen molar-refractivity contribution in [2.45, 2.75) is 116 Å². The third-order valence-electron chi connectivity index (χ3n) is 12.3. The molecule has 5 rings (SSSR count). The van der Waals surface area contributed by atoms with E-state index in [0.29, 0.717) is 42.6 Å². The average molecular weight is 772 g/mol. The van der Waals surface area contributed by atoms with Crippen LogP contribution < -0.4 is 15.4 Å². The molecule has 1 saturated carbocycles. The number of hydrogen-bond acceptors (Lipinski definition) is 8. The Balaban J connectivity index is 1.45. The van der Waals surface area contributed by atoms with Crippen molar-refractivity contribution in [3.63, 3.8) is 0 Å². The Morgan fingerprint density at radius 1 is 1.06 bits per heavy atom. The van der Waals surface area contributed by atoms with Gasteiger partial charge in [-0.1, -0.05) is 36.7 Å². The van der Waals surface area contributed by atoms with Gasteiger partial charge in [-0.15, -0.1) is 0 Å². The molecule has 0 bridgehead atoms. The van der Waals surface area contributed by atoms with E-state index in [-0.39, 0.29) is 11.8 Å². The van der Waals surface area contributed by atoms with Gasteiger partial charge in [-0.2, -0.15) is 0 Å². The van der Waals surface area contributed by atoms with Gasteiger partial charge in [0.25, 0.3) is 0 Å². The molecule has 2 aromatic carbocycles. The van der Waals surface area contributed by atoms with E-state index in [1.165, 1.54) is 5.56 Å². The number of thiol groups is 1. The summed E-state index contributed by atoms with van der Waals surface area (Å²) < 4.78 is 36.8. The predicted octanol–water partition coefficient (Wildman–Crippen LogP) is 6.96. The number of amides is 1. The maximum Gasteiger partial charge on any atom is 0.248 e. The highest BCUT2D eigenvalue weighted by Crippen LogP contribution is 2.47. The van der Waals surface area contributed by atoms with Gasteiger partial charge >= 0.3 is 0 Å². The van der Waals surface area contributed by atoms with E-state index in [1.54, 1.807) is 13.0 Å². The molecule has 2 heterocycles. The van der Waals surface area contributed by atoms with Gasteiger partial charge in [-0.3, -0.25) is 14.6 Å². The number of aryl methyl sites for hydroxylation is 1. The van der Waals surface area contributed by atoms with Crippen LogP contribution in [-0.2, 0) is 28.5 Å². The molecule has 53 heavy (non-hydrogen) atoms. The molecule has 3 aliphatic rings. The summed E-state index contributed by atoms with van der Waals surface area (Å²) in [6.07, 6.45) is 10.1. The van der Waals surface area contributed by atoms with Gasteiger partial charge in [0.1, 0.15) is 28.7 Å². The lowest BCUT2D eigenvalue weighted by molar-refractivity contribution is -0.104. The minimum absolute atomic E-state index is 0.00462. The highest BCUT2D eigenvalue weighted by atomic mass is 35.5. The van der Waals surface area contributed by atoms with E-state index in [1.807, 2.05) is 38.3 Å². The zero-order valence-corrected chi connectivity index (χ0v) is 34.6. The number of carbonyl (C=O) groups excluding carboxylic acids is 1. The number of carbonyl (C=O) groups is 1. The van der Waals surface area contributed by atoms with Gasteiger partial charge in [0.05, 0.1) is 10.9 Å². The Labute approximate surface area is 325 Å². The van der Waals surface area contributed by atoms with Crippen molar-refractivity contribution in [2.24, 2.45) is 23.5 Å². The van der Waals surface area contributed by atoms with Crippen molar-refractivity contribution in [2.75, 3.05) is 44.7 Å². The molecule has 0 unspecified atom stereocenters. The van der Waals surface area contributed by atoms with Crippen LogP contribution in [0.3, 0.4) is 0 Å². The van der Waals surface area contributed by atoms with E-state index < -0.39 is 27.5 Å². The van der Waals surface area contributed by atoms with Crippen LogP contribution in [0.15, 0.2) is 48.6 Å². The van der Waals surface area contributed by atoms with Crippen molar-refractivity contribution in [3.05, 3.63) is 70.3 Å². The first kappa shape index (κ1) is 41.5. The number of nitrogens with two attached hydrogens (primary N) is 1. The number of ether oxygens (including phenoxy) is 2. The van der Waals surface area contributed by atoms with Crippen LogP contribution >= 0.6 is 11.6 Å². The highest BCUT2D eigenvalue weighted by Gasteiger charge is 2.49. The number of allylic oxidation sites excluding steroid dienone is 1. The van der Waals surface area contributed by atoms with Crippen LogP contribution in [0.4, 0.5) is 5.69 Å². The zero-order valence-electron chi connectivity index (χ0n) is 32.9. The summed E-state index contributed by atoms with van der Waals surface area (Å²) in [5, 5.41) is 0.338. The quantitative estimate of drug-likeness (QED) is 0.167. The molecule has 2 fully saturated rings. The molecule has 1 saturated heterocycles. The number of piperazine rings is 1. The Hall–Kier alpha value is -2.63. The van der Waals surface area contributed by atoms with E-state index in [2.05, 4.69) is 60.6 Å². The lowest BCUT2D eigenvalue weighted by Crippen LogP contribution is -2.63. The molecule has 294 valence electrons. The first-order valence-corrected chi connectivity index (χ1v) is 21.3. The highest BCUT2D eigenvalue weighted by molar-refractivity contribution is 7.73. The number of anilines is 1. The second-order valence-corrected chi connectivity index (χ2v) is 18.2. The Bertz CT molecular complexity index is 1650. The summed E-state index contributed by atoms with van der Waals surface area (Å²) in [5.74, 6) is 0.847. The maximum absolute atomic E-state index is 12.4. The van der Waals surface area contributed by atoms with Crippen LogP contribution in [-0.4, -0.2) is 92.9 Å². The number of halogens is 1. The summed E-state index contributed by atoms with van der Waals surface area (Å²) in [5.41, 5.74) is 8.95. The molecule has 0 radical (unpaired) electrons. The molecule has 7 atom stereocenters. The fourth-order valence-corrected chi connectivity index (χ4v) is 9.94. The molecule has 2 aliphatic heterocycles. The second-order valence-electron chi connectivity index (χ2n) is 16.3. The van der Waals surface area contributed by atoms with Crippen molar-refractivity contribution < 1.29 is 22.7 Å². The second kappa shape index (κ2) is 18.3. The van der Waals surface area contributed by atoms with Gasteiger partial charge < -0.3 is 20.1 Å². The van der Waals surface area contributed by atoms with E-state index in [9.17, 15) is 13.2 Å². The molecular formula is C42H63ClN4O5S. The zero-order chi connectivity index (χ0) is 38.4. The van der Waals surface area contributed by atoms with Gasteiger partial charge in [-0.25, -0.2) is 8.42 Å². The molecule has 2 aromatic rings. The first-order valence-electron chi connectivity index (χ1n) is 19.7. The van der Waals surface area contributed by atoms with Crippen molar-refractivity contribution in [1.82, 2.24) is 9.80 Å². The summed E-state index contributed by atoms with van der Waals surface area (Å²) in [4.78, 5) is 20.0. The summed E-state index contributed by atoms with van der Waals surface area (Å²) in [6.45, 7) is 17.7. The number of benzene rings is 2. The standard InChI is InChI=1S/C42H63ClN4O5S/c1-28(2)47-30(4)23-45(24-31(47)5)27-42(51-7,19-10-11-29(3)32(6)53(49)50)38-17-14-35(38)25-46-20-9-8-12-33-21-37(43)16-13-36(33)26-52-40-18-15-34(41(44)48)22-39(40)46/h10,13,15-16,18-19,21-22,28-32,35,38,53H,8-9,11-12,14,17,20,23-27H2,1-7H3,(H2,44,48)/b19-10+/t29-,30-,31+,32-,35+,38-,42+/m1/s1. The van der Waals surface area contributed by atoms with Gasteiger partial charge in [0, 0.05) is 68.5 Å². The molecule has 0 spiro atoms. The predicted molar refractivity (Wildman–Crippen MR) is 217 cm³/mol. The molecule has 2 N–H and O–H groups in total. The van der Waals surface area contributed by atoms with Crippen LogP contribution in [0, 0.1) is 17.8 Å². The largest absolute Gasteiger partial charge is 0.487 e. The molecule has 1 amide bonds. The number of methoxy groups -OCH3 is 1. The minimum Gasteiger partial charge on any atom is -0.487 e. The Kier molecular flexibility index (Phi) is 14.4. The fourth-order valence-electron chi connectivity index (χ4n) is 9.21. The van der Waals surface area contributed by atoms with Crippen LogP contribution in [0.1, 0.15) is 95.1 Å². The van der Waals surface area contributed by atoms with Crippen molar-refractivity contribution in [1.29, 1.82) is 0 Å². The number of rotatable bonds is 13. The van der Waals surface area contributed by atoms with Crippen LogP contribution in [0.5, 0.6) is 5.75 Å². The first-order chi connectivity index (χ1) is 25.2. The lowest BCUT2D eigenvalue weighted by atomic mass is 9.63. The van der Waals surface area contributed by atoms with Gasteiger partial charge in [0.2, 0.25) is 5.91 Å². The monoisotopic (exact) mass is 770 g/mol. The topological polar surface area (TPSA) is 105 Å². The smallest absolute Gasteiger partial charge is 0.248 e. The Morgan fingerprint density at radius 2 is 1.79 bits per heavy atom. The van der Waals surface area contributed by atoms with Crippen LogP contribution in [0.25, 0.3) is 0 Å². The van der Waals surface area contributed by atoms with E-state index in [0.717, 1.165) is 86.9 Å². The third kappa shape index (κ3) is 9.98. The normalized spacial score (nSPS) is 25.5. The summed E-state index contributed by atoms with van der Waals surface area (Å²) in [6, 6.07) is 12.9. The molecule has 0 aromatic heterocycles.